The lowest BCUT2D eigenvalue weighted by molar-refractivity contribution is -0.118. The first-order chi connectivity index (χ1) is 6.29. The number of rotatable bonds is 6. The predicted molar refractivity (Wildman–Crippen MR) is 52.3 cm³/mol. The van der Waals surface area contributed by atoms with Crippen molar-refractivity contribution in [3.05, 3.63) is 0 Å². The molecule has 13 heavy (non-hydrogen) atoms. The van der Waals surface area contributed by atoms with Gasteiger partial charge in [0.2, 0.25) is 5.91 Å². The number of amides is 1. The third kappa shape index (κ3) is 4.85. The molecular formula is C9H19N3O. The van der Waals surface area contributed by atoms with E-state index in [2.05, 4.69) is 10.6 Å². The molecule has 1 rings (SSSR count). The lowest BCUT2D eigenvalue weighted by Crippen LogP contribution is -2.31. The number of unbranched alkanes of at least 4 members (excludes halogenated alkanes) is 1. The lowest BCUT2D eigenvalue weighted by Gasteiger charge is -2.09. The van der Waals surface area contributed by atoms with Gasteiger partial charge in [-0.15, -0.1) is 0 Å². The third-order valence-electron chi connectivity index (χ3n) is 2.34. The van der Waals surface area contributed by atoms with Crippen molar-refractivity contribution in [2.75, 3.05) is 19.6 Å². The van der Waals surface area contributed by atoms with Crippen molar-refractivity contribution in [2.45, 2.75) is 31.7 Å². The summed E-state index contributed by atoms with van der Waals surface area (Å²) in [6, 6.07) is 0.633. The minimum absolute atomic E-state index is 0.192. The summed E-state index contributed by atoms with van der Waals surface area (Å²) < 4.78 is 0. The first kappa shape index (κ1) is 10.5. The van der Waals surface area contributed by atoms with Crippen molar-refractivity contribution in [3.63, 3.8) is 0 Å². The molecule has 1 aliphatic rings. The summed E-state index contributed by atoms with van der Waals surface area (Å²) in [4.78, 5) is 10.4. The molecule has 1 saturated heterocycles. The molecule has 0 aromatic carbocycles. The first-order valence-corrected chi connectivity index (χ1v) is 5.01. The van der Waals surface area contributed by atoms with Crippen molar-refractivity contribution >= 4 is 5.91 Å². The number of hydrogen-bond acceptors (Lipinski definition) is 3. The van der Waals surface area contributed by atoms with Gasteiger partial charge < -0.3 is 16.4 Å². The highest BCUT2D eigenvalue weighted by atomic mass is 16.1. The molecule has 1 fully saturated rings. The molecule has 0 aliphatic carbocycles. The van der Waals surface area contributed by atoms with Crippen LogP contribution in [0.1, 0.15) is 25.7 Å². The second-order valence-corrected chi connectivity index (χ2v) is 3.57. The quantitative estimate of drug-likeness (QED) is 0.493. The highest BCUT2D eigenvalue weighted by Gasteiger charge is 2.12. The van der Waals surface area contributed by atoms with E-state index in [0.29, 0.717) is 12.5 Å². The number of nitrogens with one attached hydrogen (secondary N) is 2. The Morgan fingerprint density at radius 1 is 1.54 bits per heavy atom. The maximum Gasteiger partial charge on any atom is 0.217 e. The lowest BCUT2D eigenvalue weighted by atomic mass is 10.2. The SMILES string of the molecule is NC(=O)CCCCNC1CCNC1. The van der Waals surface area contributed by atoms with Crippen molar-refractivity contribution in [1.82, 2.24) is 10.6 Å². The largest absolute Gasteiger partial charge is 0.370 e. The number of carbonyl (C=O) groups is 1. The normalized spacial score (nSPS) is 22.0. The Hall–Kier alpha value is -0.610. The van der Waals surface area contributed by atoms with Crippen molar-refractivity contribution < 1.29 is 4.79 Å². The van der Waals surface area contributed by atoms with E-state index >= 15 is 0 Å². The maximum atomic E-state index is 10.4. The summed E-state index contributed by atoms with van der Waals surface area (Å²) in [5.41, 5.74) is 5.03. The molecule has 76 valence electrons. The number of nitrogens with two attached hydrogens (primary N) is 1. The van der Waals surface area contributed by atoms with E-state index in [0.717, 1.165) is 32.5 Å². The minimum atomic E-state index is -0.192. The molecule has 0 aromatic rings. The van der Waals surface area contributed by atoms with E-state index < -0.39 is 0 Å². The topological polar surface area (TPSA) is 67.2 Å². The van der Waals surface area contributed by atoms with Gasteiger partial charge in [0.1, 0.15) is 0 Å². The standard InChI is InChI=1S/C9H19N3O/c10-9(13)3-1-2-5-12-8-4-6-11-7-8/h8,11-12H,1-7H2,(H2,10,13). The molecule has 0 spiro atoms. The number of hydrogen-bond donors (Lipinski definition) is 3. The van der Waals surface area contributed by atoms with E-state index in [4.69, 9.17) is 5.73 Å². The molecule has 1 amide bonds. The molecule has 1 atom stereocenters. The number of carbonyl (C=O) groups excluding carboxylic acids is 1. The van der Waals surface area contributed by atoms with Crippen LogP contribution < -0.4 is 16.4 Å². The Kier molecular flexibility index (Phi) is 4.78. The fourth-order valence-electron chi connectivity index (χ4n) is 1.56. The summed E-state index contributed by atoms with van der Waals surface area (Å²) in [7, 11) is 0. The average molecular weight is 185 g/mol. The second-order valence-electron chi connectivity index (χ2n) is 3.57. The van der Waals surface area contributed by atoms with Crippen LogP contribution in [-0.4, -0.2) is 31.6 Å². The summed E-state index contributed by atoms with van der Waals surface area (Å²) in [5.74, 6) is -0.192. The Labute approximate surface area is 79.3 Å². The van der Waals surface area contributed by atoms with E-state index in [9.17, 15) is 4.79 Å². The van der Waals surface area contributed by atoms with E-state index in [1.807, 2.05) is 0 Å². The summed E-state index contributed by atoms with van der Waals surface area (Å²) in [5, 5.41) is 6.74. The molecule has 0 bridgehead atoms. The molecule has 4 N–H and O–H groups in total. The van der Waals surface area contributed by atoms with Gasteiger partial charge in [-0.2, -0.15) is 0 Å². The third-order valence-corrected chi connectivity index (χ3v) is 2.34. The van der Waals surface area contributed by atoms with Crippen LogP contribution in [0.15, 0.2) is 0 Å². The molecule has 1 heterocycles. The smallest absolute Gasteiger partial charge is 0.217 e. The summed E-state index contributed by atoms with van der Waals surface area (Å²) >= 11 is 0. The zero-order valence-electron chi connectivity index (χ0n) is 8.01. The van der Waals surface area contributed by atoms with E-state index in [1.165, 1.54) is 6.42 Å². The van der Waals surface area contributed by atoms with Gasteiger partial charge in [0.25, 0.3) is 0 Å². The zero-order valence-corrected chi connectivity index (χ0v) is 8.01. The molecule has 0 aromatic heterocycles. The molecule has 1 unspecified atom stereocenters. The van der Waals surface area contributed by atoms with E-state index in [1.54, 1.807) is 0 Å². The Balaban J connectivity index is 1.86. The molecule has 4 nitrogen and oxygen atoms in total. The van der Waals surface area contributed by atoms with Crippen molar-refractivity contribution in [2.24, 2.45) is 5.73 Å². The van der Waals surface area contributed by atoms with E-state index in [-0.39, 0.29) is 5.91 Å². The highest BCUT2D eigenvalue weighted by Crippen LogP contribution is 1.98. The monoisotopic (exact) mass is 185 g/mol. The second kappa shape index (κ2) is 5.94. The molecule has 4 heteroatoms. The Bertz CT molecular complexity index is 155. The van der Waals surface area contributed by atoms with Crippen LogP contribution in [0.2, 0.25) is 0 Å². The van der Waals surface area contributed by atoms with Crippen molar-refractivity contribution in [1.29, 1.82) is 0 Å². The molecular weight excluding hydrogens is 166 g/mol. The van der Waals surface area contributed by atoms with Gasteiger partial charge in [-0.05, 0) is 32.4 Å². The van der Waals surface area contributed by atoms with Gasteiger partial charge in [0, 0.05) is 19.0 Å². The predicted octanol–water partition coefficient (Wildman–Crippen LogP) is -0.406. The average Bonchev–Trinajstić information content (AvgIpc) is 2.55. The van der Waals surface area contributed by atoms with Crippen LogP contribution in [0.5, 0.6) is 0 Å². The maximum absolute atomic E-state index is 10.4. The summed E-state index contributed by atoms with van der Waals surface area (Å²) in [6.45, 7) is 3.20. The van der Waals surface area contributed by atoms with Gasteiger partial charge in [0.05, 0.1) is 0 Å². The van der Waals surface area contributed by atoms with Gasteiger partial charge in [-0.1, -0.05) is 0 Å². The van der Waals surface area contributed by atoms with Gasteiger partial charge >= 0.3 is 0 Å². The van der Waals surface area contributed by atoms with Crippen LogP contribution >= 0.6 is 0 Å². The Morgan fingerprint density at radius 2 is 2.38 bits per heavy atom. The summed E-state index contributed by atoms with van der Waals surface area (Å²) in [6.07, 6.45) is 3.68. The molecule has 1 aliphatic heterocycles. The van der Waals surface area contributed by atoms with Gasteiger partial charge in [-0.3, -0.25) is 4.79 Å². The number of primary amides is 1. The molecule has 0 saturated carbocycles. The first-order valence-electron chi connectivity index (χ1n) is 5.01. The minimum Gasteiger partial charge on any atom is -0.370 e. The van der Waals surface area contributed by atoms with Crippen molar-refractivity contribution in [3.8, 4) is 0 Å². The van der Waals surface area contributed by atoms with Crippen LogP contribution in [0.4, 0.5) is 0 Å². The van der Waals surface area contributed by atoms with Crippen LogP contribution in [0.25, 0.3) is 0 Å². The van der Waals surface area contributed by atoms with Crippen LogP contribution in [-0.2, 0) is 4.79 Å². The fourth-order valence-corrected chi connectivity index (χ4v) is 1.56. The van der Waals surface area contributed by atoms with Crippen LogP contribution in [0, 0.1) is 0 Å². The Morgan fingerprint density at radius 3 is 3.00 bits per heavy atom. The van der Waals surface area contributed by atoms with Gasteiger partial charge in [0.15, 0.2) is 0 Å². The fraction of sp³-hybridized carbons (Fsp3) is 0.889. The van der Waals surface area contributed by atoms with Crippen LogP contribution in [0.3, 0.4) is 0 Å². The molecule has 0 radical (unpaired) electrons. The zero-order chi connectivity index (χ0) is 9.52. The highest BCUT2D eigenvalue weighted by molar-refractivity contribution is 5.73. The van der Waals surface area contributed by atoms with Gasteiger partial charge in [-0.25, -0.2) is 0 Å².